The molecule has 0 N–H and O–H groups in total. The second-order valence-corrected chi connectivity index (χ2v) is 10.3. The van der Waals surface area contributed by atoms with Crippen LogP contribution in [0.1, 0.15) is 12.8 Å². The van der Waals surface area contributed by atoms with Gasteiger partial charge in [-0.05, 0) is 30.3 Å². The monoisotopic (exact) mass is 462 g/mol. The highest BCUT2D eigenvalue weighted by Crippen LogP contribution is 2.26. The highest BCUT2D eigenvalue weighted by Gasteiger charge is 2.28. The van der Waals surface area contributed by atoms with Gasteiger partial charge in [0.05, 0.1) is 20.7 Å². The molecule has 1 fully saturated rings. The van der Waals surface area contributed by atoms with Gasteiger partial charge in [-0.25, -0.2) is 8.42 Å². The van der Waals surface area contributed by atoms with Gasteiger partial charge in [0.1, 0.15) is 4.90 Å². The van der Waals surface area contributed by atoms with Crippen molar-refractivity contribution < 1.29 is 21.1 Å². The van der Waals surface area contributed by atoms with Crippen molar-refractivity contribution in [3.8, 4) is 0 Å². The van der Waals surface area contributed by atoms with E-state index in [9.17, 15) is 16.8 Å². The lowest BCUT2D eigenvalue weighted by atomic mass is 10.1. The largest absolute Gasteiger partial charge is 0.358 e. The van der Waals surface area contributed by atoms with E-state index in [1.165, 1.54) is 34.6 Å². The highest BCUT2D eigenvalue weighted by molar-refractivity contribution is 7.89. The molecule has 1 aliphatic rings. The van der Waals surface area contributed by atoms with Gasteiger partial charge in [0.25, 0.3) is 0 Å². The Kier molecular flexibility index (Phi) is 6.31. The zero-order valence-corrected chi connectivity index (χ0v) is 17.6. The Balaban J connectivity index is 1.66. The van der Waals surface area contributed by atoms with E-state index in [0.29, 0.717) is 5.71 Å². The van der Waals surface area contributed by atoms with E-state index in [0.717, 1.165) is 0 Å². The van der Waals surface area contributed by atoms with Crippen LogP contribution in [0, 0.1) is 0 Å². The van der Waals surface area contributed by atoms with E-state index in [-0.39, 0.29) is 45.8 Å². The van der Waals surface area contributed by atoms with Crippen molar-refractivity contribution in [1.82, 2.24) is 4.31 Å². The van der Waals surface area contributed by atoms with Gasteiger partial charge in [0.2, 0.25) is 10.0 Å². The summed E-state index contributed by atoms with van der Waals surface area (Å²) in [6.07, 6.45) is 0.534. The van der Waals surface area contributed by atoms with Gasteiger partial charge >= 0.3 is 10.1 Å². The summed E-state index contributed by atoms with van der Waals surface area (Å²) in [5.41, 5.74) is 0.461. The Labute approximate surface area is 173 Å². The number of oxime groups is 1. The molecule has 11 heteroatoms. The zero-order chi connectivity index (χ0) is 20.4. The van der Waals surface area contributed by atoms with Crippen LogP contribution in [0.5, 0.6) is 0 Å². The molecule has 0 amide bonds. The molecule has 2 aromatic rings. The zero-order valence-electron chi connectivity index (χ0n) is 14.5. The maximum atomic E-state index is 12.6. The lowest BCUT2D eigenvalue weighted by Gasteiger charge is -2.26. The van der Waals surface area contributed by atoms with E-state index < -0.39 is 20.1 Å². The molecular formula is C17H16Cl2N2O5S2. The van der Waals surface area contributed by atoms with Crippen LogP contribution in [0.4, 0.5) is 0 Å². The van der Waals surface area contributed by atoms with E-state index in [4.69, 9.17) is 27.5 Å². The van der Waals surface area contributed by atoms with E-state index in [1.807, 2.05) is 0 Å². The molecular weight excluding hydrogens is 447 g/mol. The minimum atomic E-state index is -4.15. The Hall–Kier alpha value is -1.65. The first-order chi connectivity index (χ1) is 13.2. The van der Waals surface area contributed by atoms with Gasteiger partial charge < -0.3 is 0 Å². The summed E-state index contributed by atoms with van der Waals surface area (Å²) in [5.74, 6) is 0. The summed E-state index contributed by atoms with van der Waals surface area (Å²) in [5, 5.41) is 4.01. The maximum absolute atomic E-state index is 12.6. The minimum absolute atomic E-state index is 0.0819. The van der Waals surface area contributed by atoms with Crippen LogP contribution < -0.4 is 0 Å². The summed E-state index contributed by atoms with van der Waals surface area (Å²) in [7, 11) is -7.73. The van der Waals surface area contributed by atoms with Crippen molar-refractivity contribution in [3.63, 3.8) is 0 Å². The maximum Gasteiger partial charge on any atom is 0.358 e. The van der Waals surface area contributed by atoms with E-state index in [1.54, 1.807) is 18.2 Å². The Morgan fingerprint density at radius 1 is 0.857 bits per heavy atom. The summed E-state index contributed by atoms with van der Waals surface area (Å²) >= 11 is 11.6. The van der Waals surface area contributed by atoms with E-state index in [2.05, 4.69) is 5.16 Å². The van der Waals surface area contributed by atoms with E-state index >= 15 is 0 Å². The van der Waals surface area contributed by atoms with Gasteiger partial charge in [0, 0.05) is 25.9 Å². The molecule has 1 aliphatic heterocycles. The molecule has 1 heterocycles. The molecule has 0 spiro atoms. The number of benzene rings is 2. The molecule has 0 bridgehead atoms. The van der Waals surface area contributed by atoms with Gasteiger partial charge in [-0.3, -0.25) is 4.28 Å². The smallest absolute Gasteiger partial charge is 0.265 e. The van der Waals surface area contributed by atoms with Crippen molar-refractivity contribution in [2.75, 3.05) is 13.1 Å². The summed E-state index contributed by atoms with van der Waals surface area (Å²) in [4.78, 5) is 0.0455. The Morgan fingerprint density at radius 2 is 1.50 bits per heavy atom. The number of nitrogens with zero attached hydrogens (tertiary/aromatic N) is 2. The first-order valence-corrected chi connectivity index (χ1v) is 11.8. The van der Waals surface area contributed by atoms with Gasteiger partial charge in [-0.1, -0.05) is 46.6 Å². The van der Waals surface area contributed by atoms with Crippen molar-refractivity contribution in [2.24, 2.45) is 5.16 Å². The summed E-state index contributed by atoms with van der Waals surface area (Å²) in [6, 6.07) is 11.9. The van der Waals surface area contributed by atoms with Crippen molar-refractivity contribution in [3.05, 3.63) is 58.6 Å². The quantitative estimate of drug-likeness (QED) is 0.633. The first kappa shape index (κ1) is 21.1. The SMILES string of the molecule is O=S(=O)(ON=C1CCN(S(=O)(=O)c2ccccc2)CC1)c1ccc(Cl)c(Cl)c1. The molecule has 0 saturated carbocycles. The molecule has 0 aromatic heterocycles. The summed E-state index contributed by atoms with van der Waals surface area (Å²) < 4.78 is 55.7. The van der Waals surface area contributed by atoms with Crippen LogP contribution in [0.3, 0.4) is 0 Å². The Bertz CT molecular complexity index is 1090. The standard InChI is InChI=1S/C17H16Cl2N2O5S2/c18-16-7-6-15(12-17(16)19)28(24,25)26-20-13-8-10-21(11-9-13)27(22,23)14-4-2-1-3-5-14/h1-7,12H,8-11H2. The number of hydrogen-bond acceptors (Lipinski definition) is 6. The lowest BCUT2D eigenvalue weighted by Crippen LogP contribution is -2.38. The van der Waals surface area contributed by atoms with Gasteiger partial charge in [0.15, 0.2) is 0 Å². The number of piperidine rings is 1. The van der Waals surface area contributed by atoms with Crippen LogP contribution in [0.2, 0.25) is 10.0 Å². The minimum Gasteiger partial charge on any atom is -0.265 e. The molecule has 0 aliphatic carbocycles. The third kappa shape index (κ3) is 4.66. The number of halogens is 2. The van der Waals surface area contributed by atoms with Gasteiger partial charge in [-0.2, -0.15) is 12.7 Å². The number of rotatable bonds is 5. The topological polar surface area (TPSA) is 93.1 Å². The summed E-state index contributed by atoms with van der Waals surface area (Å²) in [6.45, 7) is 0.373. The molecule has 0 unspecified atom stereocenters. The predicted octanol–water partition coefficient (Wildman–Crippen LogP) is 3.54. The van der Waals surface area contributed by atoms with Crippen LogP contribution in [0.25, 0.3) is 0 Å². The molecule has 0 radical (unpaired) electrons. The average molecular weight is 463 g/mol. The predicted molar refractivity (Wildman–Crippen MR) is 107 cm³/mol. The molecule has 2 aromatic carbocycles. The first-order valence-electron chi connectivity index (χ1n) is 8.20. The number of hydrogen-bond donors (Lipinski definition) is 0. The lowest BCUT2D eigenvalue weighted by molar-refractivity contribution is 0.329. The van der Waals surface area contributed by atoms with Crippen molar-refractivity contribution in [2.45, 2.75) is 22.6 Å². The highest BCUT2D eigenvalue weighted by atomic mass is 35.5. The second kappa shape index (κ2) is 8.38. The average Bonchev–Trinajstić information content (AvgIpc) is 2.69. The fourth-order valence-corrected chi connectivity index (χ4v) is 5.21. The molecule has 150 valence electrons. The molecule has 3 rings (SSSR count). The van der Waals surface area contributed by atoms with Crippen LogP contribution in [0.15, 0.2) is 63.5 Å². The molecule has 28 heavy (non-hydrogen) atoms. The number of sulfonamides is 1. The Morgan fingerprint density at radius 3 is 2.11 bits per heavy atom. The fraction of sp³-hybridized carbons (Fsp3) is 0.235. The third-order valence-corrected chi connectivity index (χ3v) is 7.88. The van der Waals surface area contributed by atoms with Gasteiger partial charge in [-0.15, -0.1) is 0 Å². The normalized spacial score (nSPS) is 16.0. The van der Waals surface area contributed by atoms with Crippen LogP contribution in [-0.4, -0.2) is 39.9 Å². The molecule has 7 nitrogen and oxygen atoms in total. The van der Waals surface area contributed by atoms with Crippen molar-refractivity contribution in [1.29, 1.82) is 0 Å². The second-order valence-electron chi connectivity index (χ2n) is 5.98. The van der Waals surface area contributed by atoms with Crippen LogP contribution >= 0.6 is 23.2 Å². The molecule has 0 atom stereocenters. The fourth-order valence-electron chi connectivity index (χ4n) is 2.59. The van der Waals surface area contributed by atoms with Crippen molar-refractivity contribution >= 4 is 49.1 Å². The third-order valence-electron chi connectivity index (χ3n) is 4.12. The molecule has 1 saturated heterocycles. The van der Waals surface area contributed by atoms with Crippen LogP contribution in [-0.2, 0) is 24.4 Å².